The van der Waals surface area contributed by atoms with Crippen LogP contribution in [0.15, 0.2) is 12.1 Å². The molecule has 0 saturated heterocycles. The third kappa shape index (κ3) is 5.60. The van der Waals surface area contributed by atoms with E-state index in [0.717, 1.165) is 35.7 Å². The molecule has 0 saturated carbocycles. The third-order valence-corrected chi connectivity index (χ3v) is 4.32. The fourth-order valence-corrected chi connectivity index (χ4v) is 2.72. The summed E-state index contributed by atoms with van der Waals surface area (Å²) in [6, 6.07) is 3.84. The molecule has 0 amide bonds. The van der Waals surface area contributed by atoms with Gasteiger partial charge in [-0.15, -0.1) is 23.2 Å². The Morgan fingerprint density at radius 3 is 2.14 bits per heavy atom. The van der Waals surface area contributed by atoms with Crippen LogP contribution in [0.25, 0.3) is 0 Å². The zero-order valence-corrected chi connectivity index (χ0v) is 14.8. The lowest BCUT2D eigenvalue weighted by Crippen LogP contribution is -2.13. The molecule has 0 N–H and O–H groups in total. The van der Waals surface area contributed by atoms with Crippen molar-refractivity contribution in [1.82, 2.24) is 0 Å². The van der Waals surface area contributed by atoms with Crippen LogP contribution < -0.4 is 9.47 Å². The maximum Gasteiger partial charge on any atom is 0.128 e. The van der Waals surface area contributed by atoms with E-state index < -0.39 is 0 Å². The van der Waals surface area contributed by atoms with Crippen LogP contribution >= 0.6 is 23.2 Å². The highest BCUT2D eigenvalue weighted by atomic mass is 35.5. The number of hydrogen-bond acceptors (Lipinski definition) is 2. The Labute approximate surface area is 138 Å². The number of benzene rings is 1. The van der Waals surface area contributed by atoms with Gasteiger partial charge >= 0.3 is 0 Å². The molecule has 4 heteroatoms. The molecule has 0 aromatic heterocycles. The van der Waals surface area contributed by atoms with E-state index in [9.17, 15) is 0 Å². The summed E-state index contributed by atoms with van der Waals surface area (Å²) in [5.41, 5.74) is 1.88. The molecular weight excluding hydrogens is 307 g/mol. The molecule has 0 fully saturated rings. The van der Waals surface area contributed by atoms with E-state index in [4.69, 9.17) is 32.7 Å². The normalized spacial score (nSPS) is 12.2. The highest BCUT2D eigenvalue weighted by Gasteiger charge is 2.14. The second-order valence-corrected chi connectivity index (χ2v) is 5.80. The first-order valence-corrected chi connectivity index (χ1v) is 8.71. The average molecular weight is 333 g/mol. The molecule has 1 unspecified atom stereocenters. The summed E-state index contributed by atoms with van der Waals surface area (Å²) in [6.45, 7) is 5.15. The van der Waals surface area contributed by atoms with E-state index in [-0.39, 0.29) is 0 Å². The molecule has 1 rings (SSSR count). The molecule has 1 aromatic carbocycles. The van der Waals surface area contributed by atoms with Crippen molar-refractivity contribution in [3.05, 3.63) is 23.3 Å². The Morgan fingerprint density at radius 1 is 1.10 bits per heavy atom. The van der Waals surface area contributed by atoms with Gasteiger partial charge in [0.2, 0.25) is 0 Å². The predicted octanol–water partition coefficient (Wildman–Crippen LogP) is 5.77. The van der Waals surface area contributed by atoms with Gasteiger partial charge in [0, 0.05) is 11.1 Å². The summed E-state index contributed by atoms with van der Waals surface area (Å²) in [6.07, 6.45) is 4.80. The molecule has 2 nitrogen and oxygen atoms in total. The van der Waals surface area contributed by atoms with Crippen molar-refractivity contribution >= 4 is 23.2 Å². The summed E-state index contributed by atoms with van der Waals surface area (Å²) in [4.78, 5) is 0. The van der Waals surface area contributed by atoms with Gasteiger partial charge in [0.25, 0.3) is 0 Å². The largest absolute Gasteiger partial charge is 0.497 e. The summed E-state index contributed by atoms with van der Waals surface area (Å²) < 4.78 is 11.4. The molecule has 0 aliphatic carbocycles. The van der Waals surface area contributed by atoms with Gasteiger partial charge in [-0.25, -0.2) is 0 Å². The quantitative estimate of drug-likeness (QED) is 0.506. The first kappa shape index (κ1) is 18.4. The molecule has 0 aliphatic heterocycles. The van der Waals surface area contributed by atoms with Gasteiger partial charge in [-0.05, 0) is 24.5 Å². The number of ether oxygens (including phenoxy) is 2. The van der Waals surface area contributed by atoms with E-state index in [1.165, 1.54) is 19.3 Å². The van der Waals surface area contributed by atoms with Gasteiger partial charge in [0.15, 0.2) is 0 Å². The zero-order chi connectivity index (χ0) is 15.7. The molecule has 0 radical (unpaired) electrons. The van der Waals surface area contributed by atoms with Crippen molar-refractivity contribution < 1.29 is 9.47 Å². The zero-order valence-electron chi connectivity index (χ0n) is 13.3. The van der Waals surface area contributed by atoms with Crippen LogP contribution in [0, 0.1) is 5.92 Å². The monoisotopic (exact) mass is 332 g/mol. The number of methoxy groups -OCH3 is 1. The Kier molecular flexibility index (Phi) is 8.94. The van der Waals surface area contributed by atoms with E-state index in [1.807, 2.05) is 12.1 Å². The Morgan fingerprint density at radius 2 is 1.71 bits per heavy atom. The maximum atomic E-state index is 6.08. The van der Waals surface area contributed by atoms with Crippen molar-refractivity contribution in [3.8, 4) is 11.5 Å². The molecule has 120 valence electrons. The minimum absolute atomic E-state index is 0.391. The summed E-state index contributed by atoms with van der Waals surface area (Å²) in [5.74, 6) is 2.96. The molecule has 1 aromatic rings. The molecule has 1 atom stereocenters. The minimum atomic E-state index is 0.391. The van der Waals surface area contributed by atoms with Crippen LogP contribution in [0.5, 0.6) is 11.5 Å². The molecule has 0 aliphatic rings. The topological polar surface area (TPSA) is 18.5 Å². The van der Waals surface area contributed by atoms with Gasteiger partial charge in [-0.2, -0.15) is 0 Å². The Balaban J connectivity index is 2.85. The van der Waals surface area contributed by atoms with Crippen LogP contribution in [-0.2, 0) is 11.8 Å². The molecule has 0 bridgehead atoms. The second kappa shape index (κ2) is 10.2. The van der Waals surface area contributed by atoms with Crippen molar-refractivity contribution in [1.29, 1.82) is 0 Å². The van der Waals surface area contributed by atoms with Crippen molar-refractivity contribution in [2.45, 2.75) is 51.3 Å². The van der Waals surface area contributed by atoms with E-state index in [2.05, 4.69) is 13.8 Å². The molecular formula is C17H26Cl2O2. The van der Waals surface area contributed by atoms with Crippen LogP contribution in [-0.4, -0.2) is 13.7 Å². The fraction of sp³-hybridized carbons (Fsp3) is 0.647. The van der Waals surface area contributed by atoms with Crippen LogP contribution in [0.4, 0.5) is 0 Å². The van der Waals surface area contributed by atoms with E-state index in [1.54, 1.807) is 7.11 Å². The number of rotatable bonds is 10. The van der Waals surface area contributed by atoms with Gasteiger partial charge in [0.1, 0.15) is 11.5 Å². The Bertz CT molecular complexity index is 396. The summed E-state index contributed by atoms with van der Waals surface area (Å²) in [5, 5.41) is 0. The lowest BCUT2D eigenvalue weighted by molar-refractivity contribution is 0.230. The lowest BCUT2D eigenvalue weighted by atomic mass is 10.0. The van der Waals surface area contributed by atoms with E-state index in [0.29, 0.717) is 17.7 Å². The van der Waals surface area contributed by atoms with Crippen LogP contribution in [0.2, 0.25) is 0 Å². The highest BCUT2D eigenvalue weighted by molar-refractivity contribution is 6.18. The van der Waals surface area contributed by atoms with Gasteiger partial charge in [-0.1, -0.05) is 33.1 Å². The summed E-state index contributed by atoms with van der Waals surface area (Å²) in [7, 11) is 1.64. The first-order chi connectivity index (χ1) is 10.2. The fourth-order valence-electron chi connectivity index (χ4n) is 2.32. The smallest absolute Gasteiger partial charge is 0.128 e. The van der Waals surface area contributed by atoms with E-state index >= 15 is 0 Å². The molecule has 21 heavy (non-hydrogen) atoms. The van der Waals surface area contributed by atoms with Gasteiger partial charge in [-0.3, -0.25) is 0 Å². The number of halogens is 2. The average Bonchev–Trinajstić information content (AvgIpc) is 2.54. The van der Waals surface area contributed by atoms with Crippen molar-refractivity contribution in [2.24, 2.45) is 5.92 Å². The highest BCUT2D eigenvalue weighted by Crippen LogP contribution is 2.32. The lowest BCUT2D eigenvalue weighted by Gasteiger charge is -2.19. The van der Waals surface area contributed by atoms with Gasteiger partial charge < -0.3 is 9.47 Å². The third-order valence-electron chi connectivity index (χ3n) is 3.75. The standard InChI is InChI=1S/C17H26Cl2O2/c1-4-6-7-13(5-2)12-21-17-14(10-18)8-16(20-3)9-15(17)11-19/h8-9,13H,4-7,10-12H2,1-3H3. The Hall–Kier alpha value is -0.600. The summed E-state index contributed by atoms with van der Waals surface area (Å²) >= 11 is 12.1. The molecule has 0 spiro atoms. The number of unbranched alkanes of at least 4 members (excludes halogenated alkanes) is 1. The van der Waals surface area contributed by atoms with Crippen molar-refractivity contribution in [3.63, 3.8) is 0 Å². The van der Waals surface area contributed by atoms with Gasteiger partial charge in [0.05, 0.1) is 25.5 Å². The van der Waals surface area contributed by atoms with Crippen LogP contribution in [0.1, 0.15) is 50.7 Å². The minimum Gasteiger partial charge on any atom is -0.497 e. The maximum absolute atomic E-state index is 6.08. The second-order valence-electron chi connectivity index (χ2n) is 5.27. The number of alkyl halides is 2. The van der Waals surface area contributed by atoms with Crippen molar-refractivity contribution in [2.75, 3.05) is 13.7 Å². The molecule has 0 heterocycles. The number of hydrogen-bond donors (Lipinski definition) is 0. The first-order valence-electron chi connectivity index (χ1n) is 7.64. The SMILES string of the molecule is CCCCC(CC)COc1c(CCl)cc(OC)cc1CCl. The predicted molar refractivity (Wildman–Crippen MR) is 90.9 cm³/mol. The van der Waals surface area contributed by atoms with Crippen LogP contribution in [0.3, 0.4) is 0 Å².